The molecule has 0 saturated carbocycles. The summed E-state index contributed by atoms with van der Waals surface area (Å²) in [6.07, 6.45) is 1.21. The summed E-state index contributed by atoms with van der Waals surface area (Å²) in [5, 5.41) is 5.30. The minimum absolute atomic E-state index is 0.0663. The number of carbonyl (C=O) groups excluding carboxylic acids is 3. The van der Waals surface area contributed by atoms with Crippen LogP contribution in [0.15, 0.2) is 22.8 Å². The van der Waals surface area contributed by atoms with Crippen molar-refractivity contribution in [1.82, 2.24) is 15.5 Å². The Bertz CT molecular complexity index is 606. The highest BCUT2D eigenvalue weighted by atomic mass is 16.6. The fourth-order valence-electron chi connectivity index (χ4n) is 2.50. The Morgan fingerprint density at radius 3 is 2.68 bits per heavy atom. The molecule has 2 heterocycles. The molecule has 8 nitrogen and oxygen atoms in total. The number of ether oxygens (including phenoxy) is 1. The molecule has 0 spiro atoms. The Morgan fingerprint density at radius 1 is 1.32 bits per heavy atom. The highest BCUT2D eigenvalue weighted by molar-refractivity contribution is 5.89. The average Bonchev–Trinajstić information content (AvgIpc) is 3.13. The largest absolute Gasteiger partial charge is 0.467 e. The summed E-state index contributed by atoms with van der Waals surface area (Å²) >= 11 is 0. The normalized spacial score (nSPS) is 17.5. The smallest absolute Gasteiger partial charge is 0.407 e. The first kappa shape index (κ1) is 18.8. The van der Waals surface area contributed by atoms with Crippen molar-refractivity contribution in [3.63, 3.8) is 0 Å². The zero-order valence-corrected chi connectivity index (χ0v) is 14.8. The number of hydrogen-bond acceptors (Lipinski definition) is 5. The van der Waals surface area contributed by atoms with Crippen LogP contribution in [0, 0.1) is 5.92 Å². The second kappa shape index (κ2) is 8.04. The standard InChI is InChI=1S/C17H25N3O5/c1-17(2,3)25-16(23)19-7-6-18-15(22)12-9-14(21)20(10-12)11-13-5-4-8-24-13/h4-5,8,12H,6-7,9-11H2,1-3H3,(H,18,22)(H,19,23)/t12-/m1/s1. The van der Waals surface area contributed by atoms with Gasteiger partial charge in [0.1, 0.15) is 11.4 Å². The Morgan fingerprint density at radius 2 is 2.04 bits per heavy atom. The summed E-state index contributed by atoms with van der Waals surface area (Å²) < 4.78 is 10.3. The molecule has 0 unspecified atom stereocenters. The van der Waals surface area contributed by atoms with Crippen LogP contribution in [0.5, 0.6) is 0 Å². The molecule has 8 heteroatoms. The summed E-state index contributed by atoms with van der Waals surface area (Å²) in [7, 11) is 0. The summed E-state index contributed by atoms with van der Waals surface area (Å²) in [4.78, 5) is 37.3. The van der Waals surface area contributed by atoms with Crippen LogP contribution in [0.2, 0.25) is 0 Å². The molecule has 0 bridgehead atoms. The molecular formula is C17H25N3O5. The molecule has 1 fully saturated rings. The van der Waals surface area contributed by atoms with E-state index >= 15 is 0 Å². The summed E-state index contributed by atoms with van der Waals surface area (Å²) in [6, 6.07) is 3.56. The van der Waals surface area contributed by atoms with Crippen molar-refractivity contribution in [3.05, 3.63) is 24.2 Å². The monoisotopic (exact) mass is 351 g/mol. The maximum atomic E-state index is 12.2. The summed E-state index contributed by atoms with van der Waals surface area (Å²) in [6.45, 7) is 6.61. The Hall–Kier alpha value is -2.51. The highest BCUT2D eigenvalue weighted by Gasteiger charge is 2.34. The predicted molar refractivity (Wildman–Crippen MR) is 89.5 cm³/mol. The van der Waals surface area contributed by atoms with Crippen molar-refractivity contribution >= 4 is 17.9 Å². The topological polar surface area (TPSA) is 101 Å². The second-order valence-electron chi connectivity index (χ2n) is 6.97. The number of rotatable bonds is 6. The third-order valence-corrected chi connectivity index (χ3v) is 3.60. The zero-order chi connectivity index (χ0) is 18.4. The molecule has 1 aromatic heterocycles. The molecule has 0 aromatic carbocycles. The number of furan rings is 1. The van der Waals surface area contributed by atoms with Crippen molar-refractivity contribution in [1.29, 1.82) is 0 Å². The Labute approximate surface area is 146 Å². The lowest BCUT2D eigenvalue weighted by molar-refractivity contribution is -0.129. The Balaban J connectivity index is 1.68. The van der Waals surface area contributed by atoms with Gasteiger partial charge in [-0.1, -0.05) is 0 Å². The van der Waals surface area contributed by atoms with Gasteiger partial charge in [-0.25, -0.2) is 4.79 Å². The van der Waals surface area contributed by atoms with Crippen molar-refractivity contribution < 1.29 is 23.5 Å². The average molecular weight is 351 g/mol. The van der Waals surface area contributed by atoms with E-state index in [1.807, 2.05) is 0 Å². The van der Waals surface area contributed by atoms with E-state index in [4.69, 9.17) is 9.15 Å². The first-order valence-electron chi connectivity index (χ1n) is 8.29. The van der Waals surface area contributed by atoms with Crippen molar-refractivity contribution in [2.24, 2.45) is 5.92 Å². The lowest BCUT2D eigenvalue weighted by Crippen LogP contribution is -2.40. The SMILES string of the molecule is CC(C)(C)OC(=O)NCCNC(=O)[C@@H]1CC(=O)N(Cc2ccco2)C1. The molecule has 1 aliphatic rings. The molecule has 1 aromatic rings. The van der Waals surface area contributed by atoms with Gasteiger partial charge in [0, 0.05) is 26.1 Å². The summed E-state index contributed by atoms with van der Waals surface area (Å²) in [5.41, 5.74) is -0.561. The van der Waals surface area contributed by atoms with Gasteiger partial charge in [0.25, 0.3) is 0 Å². The van der Waals surface area contributed by atoms with E-state index in [9.17, 15) is 14.4 Å². The maximum Gasteiger partial charge on any atom is 0.407 e. The van der Waals surface area contributed by atoms with Crippen LogP contribution < -0.4 is 10.6 Å². The molecule has 0 aliphatic carbocycles. The van der Waals surface area contributed by atoms with Crippen LogP contribution in [0.4, 0.5) is 4.79 Å². The van der Waals surface area contributed by atoms with Gasteiger partial charge < -0.3 is 24.7 Å². The molecule has 0 radical (unpaired) electrons. The second-order valence-corrected chi connectivity index (χ2v) is 6.97. The molecule has 1 aliphatic heterocycles. The first-order chi connectivity index (χ1) is 11.7. The van der Waals surface area contributed by atoms with Crippen LogP contribution in [0.25, 0.3) is 0 Å². The van der Waals surface area contributed by atoms with Gasteiger partial charge >= 0.3 is 6.09 Å². The van der Waals surface area contributed by atoms with Gasteiger partial charge in [0.15, 0.2) is 0 Å². The molecule has 3 amide bonds. The minimum Gasteiger partial charge on any atom is -0.467 e. The third kappa shape index (κ3) is 6.13. The van der Waals surface area contributed by atoms with E-state index in [1.54, 1.807) is 44.1 Å². The number of nitrogens with zero attached hydrogens (tertiary/aromatic N) is 1. The van der Waals surface area contributed by atoms with Gasteiger partial charge in [-0.05, 0) is 32.9 Å². The van der Waals surface area contributed by atoms with Gasteiger partial charge in [0.05, 0.1) is 18.7 Å². The fraction of sp³-hybridized carbons (Fsp3) is 0.588. The third-order valence-electron chi connectivity index (χ3n) is 3.60. The number of likely N-dealkylation sites (tertiary alicyclic amines) is 1. The van der Waals surface area contributed by atoms with E-state index < -0.39 is 11.7 Å². The van der Waals surface area contributed by atoms with Crippen LogP contribution in [0.1, 0.15) is 33.0 Å². The zero-order valence-electron chi connectivity index (χ0n) is 14.8. The van der Waals surface area contributed by atoms with Gasteiger partial charge in [-0.3, -0.25) is 9.59 Å². The van der Waals surface area contributed by atoms with Crippen molar-refractivity contribution in [3.8, 4) is 0 Å². The van der Waals surface area contributed by atoms with Crippen molar-refractivity contribution in [2.45, 2.75) is 39.3 Å². The van der Waals surface area contributed by atoms with Crippen LogP contribution >= 0.6 is 0 Å². The highest BCUT2D eigenvalue weighted by Crippen LogP contribution is 2.20. The quantitative estimate of drug-likeness (QED) is 0.752. The fourth-order valence-corrected chi connectivity index (χ4v) is 2.50. The van der Waals surface area contributed by atoms with Crippen LogP contribution in [-0.4, -0.2) is 48.0 Å². The van der Waals surface area contributed by atoms with Gasteiger partial charge in [-0.15, -0.1) is 0 Å². The van der Waals surface area contributed by atoms with E-state index in [0.29, 0.717) is 18.8 Å². The molecular weight excluding hydrogens is 326 g/mol. The van der Waals surface area contributed by atoms with E-state index in [2.05, 4.69) is 10.6 Å². The minimum atomic E-state index is -0.561. The first-order valence-corrected chi connectivity index (χ1v) is 8.29. The lowest BCUT2D eigenvalue weighted by Gasteiger charge is -2.19. The summed E-state index contributed by atoms with van der Waals surface area (Å²) in [5.74, 6) is 0.0460. The molecule has 2 rings (SSSR count). The number of nitrogens with one attached hydrogen (secondary N) is 2. The lowest BCUT2D eigenvalue weighted by atomic mass is 10.1. The van der Waals surface area contributed by atoms with Gasteiger partial charge in [-0.2, -0.15) is 0 Å². The molecule has 1 atom stereocenters. The molecule has 138 valence electrons. The van der Waals surface area contributed by atoms with E-state index in [1.165, 1.54) is 0 Å². The number of carbonyl (C=O) groups is 3. The van der Waals surface area contributed by atoms with Crippen LogP contribution in [0.3, 0.4) is 0 Å². The van der Waals surface area contributed by atoms with Crippen LogP contribution in [-0.2, 0) is 20.9 Å². The predicted octanol–water partition coefficient (Wildman–Crippen LogP) is 1.27. The number of alkyl carbamates (subject to hydrolysis) is 1. The van der Waals surface area contributed by atoms with Crippen molar-refractivity contribution in [2.75, 3.05) is 19.6 Å². The number of amides is 3. The Kier molecular flexibility index (Phi) is 6.06. The van der Waals surface area contributed by atoms with E-state index in [-0.39, 0.29) is 37.2 Å². The molecule has 1 saturated heterocycles. The molecule has 25 heavy (non-hydrogen) atoms. The van der Waals surface area contributed by atoms with Gasteiger partial charge in [0.2, 0.25) is 11.8 Å². The number of hydrogen-bond donors (Lipinski definition) is 2. The maximum absolute atomic E-state index is 12.2. The molecule has 2 N–H and O–H groups in total. The van der Waals surface area contributed by atoms with E-state index in [0.717, 1.165) is 0 Å².